The molecule has 2 heterocycles. The Morgan fingerprint density at radius 2 is 1.89 bits per heavy atom. The molecule has 1 saturated heterocycles. The third-order valence-corrected chi connectivity index (χ3v) is 8.63. The van der Waals surface area contributed by atoms with E-state index in [2.05, 4.69) is 11.0 Å². The van der Waals surface area contributed by atoms with Crippen LogP contribution in [0.25, 0.3) is 6.08 Å². The van der Waals surface area contributed by atoms with Gasteiger partial charge in [-0.1, -0.05) is 48.5 Å². The van der Waals surface area contributed by atoms with Crippen molar-refractivity contribution in [1.82, 2.24) is 4.90 Å². The Hall–Kier alpha value is -3.34. The largest absolute Gasteiger partial charge is 0.493 e. The molecular formula is C25H22N2O5S3. The van der Waals surface area contributed by atoms with Crippen molar-refractivity contribution in [2.24, 2.45) is 4.40 Å². The summed E-state index contributed by atoms with van der Waals surface area (Å²) >= 11 is 2.08. The van der Waals surface area contributed by atoms with Gasteiger partial charge in [-0.05, 0) is 52.5 Å². The number of hydrogen-bond donors (Lipinski definition) is 0. The Morgan fingerprint density at radius 3 is 2.57 bits per heavy atom. The zero-order chi connectivity index (χ0) is 24.8. The van der Waals surface area contributed by atoms with Crippen molar-refractivity contribution in [3.8, 4) is 11.5 Å². The van der Waals surface area contributed by atoms with Crippen molar-refractivity contribution < 1.29 is 22.7 Å². The molecule has 0 atom stereocenters. The summed E-state index contributed by atoms with van der Waals surface area (Å²) in [6.45, 7) is 4.19. The minimum absolute atomic E-state index is 0.0873. The van der Waals surface area contributed by atoms with E-state index in [1.807, 2.05) is 30.3 Å². The van der Waals surface area contributed by atoms with E-state index in [0.717, 1.165) is 28.7 Å². The fourth-order valence-corrected chi connectivity index (χ4v) is 6.36. The molecule has 10 heteroatoms. The van der Waals surface area contributed by atoms with Gasteiger partial charge in [-0.15, -0.1) is 22.3 Å². The quantitative estimate of drug-likeness (QED) is 0.282. The SMILES string of the molecule is C=CCN1C(=O)/C(=C/c2ccc(OCc3ccccc3)c(OC)c2)SC1=NS(=O)(=O)c1cccs1. The average molecular weight is 527 g/mol. The minimum Gasteiger partial charge on any atom is -0.493 e. The van der Waals surface area contributed by atoms with Crippen LogP contribution in [0.4, 0.5) is 0 Å². The second-order valence-corrected chi connectivity index (χ2v) is 11.1. The summed E-state index contributed by atoms with van der Waals surface area (Å²) in [7, 11) is -2.38. The predicted molar refractivity (Wildman–Crippen MR) is 140 cm³/mol. The zero-order valence-corrected chi connectivity index (χ0v) is 21.2. The monoisotopic (exact) mass is 526 g/mol. The molecule has 7 nitrogen and oxygen atoms in total. The number of amidine groups is 1. The van der Waals surface area contributed by atoms with Gasteiger partial charge in [0.25, 0.3) is 15.9 Å². The first kappa shape index (κ1) is 24.8. The van der Waals surface area contributed by atoms with Crippen molar-refractivity contribution >= 4 is 50.3 Å². The van der Waals surface area contributed by atoms with E-state index in [-0.39, 0.29) is 21.8 Å². The molecule has 1 aliphatic rings. The fraction of sp³-hybridized carbons (Fsp3) is 0.120. The second kappa shape index (κ2) is 10.9. The molecule has 1 aromatic heterocycles. The van der Waals surface area contributed by atoms with Crippen LogP contribution in [0.2, 0.25) is 0 Å². The molecular weight excluding hydrogens is 504 g/mol. The van der Waals surface area contributed by atoms with Crippen LogP contribution in [-0.2, 0) is 21.4 Å². The minimum atomic E-state index is -3.92. The first-order chi connectivity index (χ1) is 16.9. The number of hydrogen-bond acceptors (Lipinski definition) is 7. The zero-order valence-electron chi connectivity index (χ0n) is 18.8. The van der Waals surface area contributed by atoms with Crippen LogP contribution in [0.3, 0.4) is 0 Å². The van der Waals surface area contributed by atoms with Crippen LogP contribution < -0.4 is 9.47 Å². The number of thiophene rings is 1. The normalized spacial score (nSPS) is 16.1. The Bertz CT molecular complexity index is 1380. The molecule has 180 valence electrons. The summed E-state index contributed by atoms with van der Waals surface area (Å²) in [6, 6.07) is 18.2. The summed E-state index contributed by atoms with van der Waals surface area (Å²) in [4.78, 5) is 14.7. The summed E-state index contributed by atoms with van der Waals surface area (Å²) in [5, 5.41) is 1.75. The lowest BCUT2D eigenvalue weighted by Crippen LogP contribution is -2.29. The number of carbonyl (C=O) groups is 1. The maximum absolute atomic E-state index is 13.0. The topological polar surface area (TPSA) is 85.3 Å². The smallest absolute Gasteiger partial charge is 0.294 e. The molecule has 0 saturated carbocycles. The van der Waals surface area contributed by atoms with E-state index in [1.54, 1.807) is 42.8 Å². The van der Waals surface area contributed by atoms with Crippen LogP contribution >= 0.6 is 23.1 Å². The maximum atomic E-state index is 13.0. The summed E-state index contributed by atoms with van der Waals surface area (Å²) < 4.78 is 40.7. The van der Waals surface area contributed by atoms with Gasteiger partial charge in [0.15, 0.2) is 16.7 Å². The highest BCUT2D eigenvalue weighted by Gasteiger charge is 2.34. The van der Waals surface area contributed by atoms with Crippen LogP contribution in [-0.4, -0.2) is 38.0 Å². The Kier molecular flexibility index (Phi) is 7.74. The molecule has 0 aliphatic carbocycles. The molecule has 0 bridgehead atoms. The number of benzene rings is 2. The van der Waals surface area contributed by atoms with Gasteiger partial charge in [0.2, 0.25) is 0 Å². The van der Waals surface area contributed by atoms with Crippen LogP contribution in [0.5, 0.6) is 11.5 Å². The molecule has 0 radical (unpaired) electrons. The summed E-state index contributed by atoms with van der Waals surface area (Å²) in [6.07, 6.45) is 3.20. The van der Waals surface area contributed by atoms with E-state index < -0.39 is 10.0 Å². The molecule has 0 N–H and O–H groups in total. The molecule has 0 unspecified atom stereocenters. The number of nitrogens with zero attached hydrogens (tertiary/aromatic N) is 2. The molecule has 1 fully saturated rings. The Labute approximate surface area is 212 Å². The fourth-order valence-electron chi connectivity index (χ4n) is 3.20. The molecule has 3 aromatic rings. The highest BCUT2D eigenvalue weighted by molar-refractivity contribution is 8.19. The number of methoxy groups -OCH3 is 1. The van der Waals surface area contributed by atoms with Gasteiger partial charge in [-0.25, -0.2) is 0 Å². The van der Waals surface area contributed by atoms with Gasteiger partial charge in [0.1, 0.15) is 10.8 Å². The number of ether oxygens (including phenoxy) is 2. The molecule has 1 aliphatic heterocycles. The van der Waals surface area contributed by atoms with Crippen molar-refractivity contribution in [3.63, 3.8) is 0 Å². The van der Waals surface area contributed by atoms with Crippen molar-refractivity contribution in [1.29, 1.82) is 0 Å². The van der Waals surface area contributed by atoms with Crippen LogP contribution in [0, 0.1) is 0 Å². The highest BCUT2D eigenvalue weighted by Crippen LogP contribution is 2.36. The molecule has 35 heavy (non-hydrogen) atoms. The lowest BCUT2D eigenvalue weighted by Gasteiger charge is -2.12. The van der Waals surface area contributed by atoms with E-state index in [0.29, 0.717) is 28.6 Å². The first-order valence-corrected chi connectivity index (χ1v) is 13.6. The standard InChI is InChI=1S/C25H22N2O5S3/c1-3-13-27-24(28)22(34-25(27)26-35(29,30)23-10-7-14-33-23)16-19-11-12-20(21(15-19)31-2)32-17-18-8-5-4-6-9-18/h3-12,14-16H,1,13,17H2,2H3/b22-16-,26-25?. The van der Waals surface area contributed by atoms with Crippen LogP contribution in [0.1, 0.15) is 11.1 Å². The number of thioether (sulfide) groups is 1. The summed E-state index contributed by atoms with van der Waals surface area (Å²) in [5.41, 5.74) is 1.73. The van der Waals surface area contributed by atoms with E-state index in [1.165, 1.54) is 17.0 Å². The molecule has 4 rings (SSSR count). The van der Waals surface area contributed by atoms with Crippen molar-refractivity contribution in [2.75, 3.05) is 13.7 Å². The van der Waals surface area contributed by atoms with E-state index in [4.69, 9.17) is 9.47 Å². The van der Waals surface area contributed by atoms with Gasteiger partial charge in [0.05, 0.1) is 12.0 Å². The molecule has 1 amide bonds. The van der Waals surface area contributed by atoms with E-state index >= 15 is 0 Å². The molecule has 0 spiro atoms. The third-order valence-electron chi connectivity index (χ3n) is 4.87. The van der Waals surface area contributed by atoms with Gasteiger partial charge in [-0.3, -0.25) is 9.69 Å². The first-order valence-electron chi connectivity index (χ1n) is 10.5. The summed E-state index contributed by atoms with van der Waals surface area (Å²) in [5.74, 6) is 0.739. The Balaban J connectivity index is 1.59. The second-order valence-electron chi connectivity index (χ2n) is 7.28. The van der Waals surface area contributed by atoms with Gasteiger partial charge in [-0.2, -0.15) is 8.42 Å². The van der Waals surface area contributed by atoms with Crippen molar-refractivity contribution in [2.45, 2.75) is 10.8 Å². The third kappa shape index (κ3) is 5.84. The Morgan fingerprint density at radius 1 is 1.09 bits per heavy atom. The van der Waals surface area contributed by atoms with Crippen LogP contribution in [0.15, 0.2) is 92.2 Å². The van der Waals surface area contributed by atoms with Crippen molar-refractivity contribution in [3.05, 3.63) is 94.7 Å². The van der Waals surface area contributed by atoms with Gasteiger partial charge in [0, 0.05) is 6.54 Å². The number of sulfonamides is 1. The van der Waals surface area contributed by atoms with Gasteiger partial charge < -0.3 is 9.47 Å². The lowest BCUT2D eigenvalue weighted by atomic mass is 10.1. The number of carbonyl (C=O) groups excluding carboxylic acids is 1. The highest BCUT2D eigenvalue weighted by atomic mass is 32.2. The number of rotatable bonds is 9. The maximum Gasteiger partial charge on any atom is 0.294 e. The van der Waals surface area contributed by atoms with E-state index in [9.17, 15) is 13.2 Å². The lowest BCUT2D eigenvalue weighted by molar-refractivity contribution is -0.121. The average Bonchev–Trinajstić information content (AvgIpc) is 3.50. The molecule has 2 aromatic carbocycles. The predicted octanol–water partition coefficient (Wildman–Crippen LogP) is 5.18. The van der Waals surface area contributed by atoms with Gasteiger partial charge >= 0.3 is 0 Å². The number of amides is 1.